The van der Waals surface area contributed by atoms with E-state index in [9.17, 15) is 9.59 Å². The summed E-state index contributed by atoms with van der Waals surface area (Å²) >= 11 is 5.89. The number of ketones is 1. The molecule has 1 atom stereocenters. The summed E-state index contributed by atoms with van der Waals surface area (Å²) in [5.41, 5.74) is 2.20. The molecule has 1 unspecified atom stereocenters. The number of urea groups is 1. The topological polar surface area (TPSA) is 87.2 Å². The molecule has 0 spiro atoms. The van der Waals surface area contributed by atoms with Crippen molar-refractivity contribution in [2.24, 2.45) is 0 Å². The number of rotatable bonds is 4. The number of amides is 2. The monoisotopic (exact) mass is 373 g/mol. The highest BCUT2D eigenvalue weighted by atomic mass is 35.5. The molecule has 0 radical (unpaired) electrons. The lowest BCUT2D eigenvalue weighted by Crippen LogP contribution is -2.39. The number of nitrogens with one attached hydrogen (secondary N) is 2. The Labute approximate surface area is 156 Å². The number of hydrogen-bond donors (Lipinski definition) is 2. The van der Waals surface area contributed by atoms with Crippen molar-refractivity contribution in [3.05, 3.63) is 46.9 Å². The zero-order valence-corrected chi connectivity index (χ0v) is 15.4. The third kappa shape index (κ3) is 4.29. The van der Waals surface area contributed by atoms with E-state index in [4.69, 9.17) is 11.6 Å². The first-order valence-electron chi connectivity index (χ1n) is 8.35. The fraction of sp³-hybridized carbons (Fsp3) is 0.333. The summed E-state index contributed by atoms with van der Waals surface area (Å²) in [5.74, 6) is 0.793. The molecule has 0 aliphatic carbocycles. The first-order valence-corrected chi connectivity index (χ1v) is 8.73. The van der Waals surface area contributed by atoms with Crippen molar-refractivity contribution in [1.29, 1.82) is 0 Å². The normalized spacial score (nSPS) is 16.4. The number of aromatic nitrogens is 2. The van der Waals surface area contributed by atoms with Crippen LogP contribution in [0.5, 0.6) is 0 Å². The van der Waals surface area contributed by atoms with E-state index in [1.54, 1.807) is 30.5 Å². The van der Waals surface area contributed by atoms with E-state index in [0.717, 1.165) is 24.3 Å². The second-order valence-corrected chi connectivity index (χ2v) is 6.65. The van der Waals surface area contributed by atoms with Crippen molar-refractivity contribution in [2.75, 3.05) is 23.3 Å². The van der Waals surface area contributed by atoms with Crippen molar-refractivity contribution in [3.8, 4) is 0 Å². The Morgan fingerprint density at radius 2 is 2.00 bits per heavy atom. The van der Waals surface area contributed by atoms with Gasteiger partial charge in [-0.2, -0.15) is 0 Å². The van der Waals surface area contributed by atoms with E-state index in [1.807, 2.05) is 6.92 Å². The van der Waals surface area contributed by atoms with E-state index >= 15 is 0 Å². The summed E-state index contributed by atoms with van der Waals surface area (Å²) in [4.78, 5) is 33.8. The lowest BCUT2D eigenvalue weighted by molar-refractivity contribution is 0.101. The molecule has 2 heterocycles. The van der Waals surface area contributed by atoms with Gasteiger partial charge < -0.3 is 15.5 Å². The maximum atomic E-state index is 12.2. The average Bonchev–Trinajstić information content (AvgIpc) is 3.05. The van der Waals surface area contributed by atoms with Crippen LogP contribution in [-0.2, 0) is 0 Å². The molecule has 1 fully saturated rings. The van der Waals surface area contributed by atoms with Crippen LogP contribution in [-0.4, -0.2) is 40.9 Å². The lowest BCUT2D eigenvalue weighted by atomic mass is 10.1. The number of carbonyl (C=O) groups excluding carboxylic acids is 2. The van der Waals surface area contributed by atoms with Crippen LogP contribution in [0.2, 0.25) is 5.28 Å². The summed E-state index contributed by atoms with van der Waals surface area (Å²) in [7, 11) is 0. The van der Waals surface area contributed by atoms with Crippen LogP contribution in [0.1, 0.15) is 29.3 Å². The highest BCUT2D eigenvalue weighted by Crippen LogP contribution is 2.22. The fourth-order valence-electron chi connectivity index (χ4n) is 2.94. The number of carbonyl (C=O) groups is 2. The molecule has 1 aromatic heterocycles. The van der Waals surface area contributed by atoms with E-state index in [1.165, 1.54) is 6.92 Å². The number of aryl methyl sites for hydroxylation is 1. The molecule has 2 amide bonds. The SMILES string of the molecule is CC(=O)c1ccc(NC(=O)NC2CCN(c3nc(Cl)ncc3C)C2)cc1. The minimum atomic E-state index is -0.273. The Hall–Kier alpha value is -2.67. The predicted octanol–water partition coefficient (Wildman–Crippen LogP) is 3.04. The van der Waals surface area contributed by atoms with Gasteiger partial charge in [0.1, 0.15) is 5.82 Å². The van der Waals surface area contributed by atoms with Gasteiger partial charge >= 0.3 is 6.03 Å². The minimum absolute atomic E-state index is 0.00725. The Morgan fingerprint density at radius 1 is 1.27 bits per heavy atom. The van der Waals surface area contributed by atoms with Gasteiger partial charge in [-0.3, -0.25) is 4.79 Å². The zero-order chi connectivity index (χ0) is 18.7. The van der Waals surface area contributed by atoms with Gasteiger partial charge in [-0.25, -0.2) is 14.8 Å². The molecule has 1 saturated heterocycles. The van der Waals surface area contributed by atoms with Gasteiger partial charge in [0.2, 0.25) is 5.28 Å². The molecular formula is C18H20ClN5O2. The zero-order valence-electron chi connectivity index (χ0n) is 14.6. The quantitative estimate of drug-likeness (QED) is 0.635. The largest absolute Gasteiger partial charge is 0.354 e. The second kappa shape index (κ2) is 7.70. The predicted molar refractivity (Wildman–Crippen MR) is 101 cm³/mol. The smallest absolute Gasteiger partial charge is 0.319 e. The molecule has 136 valence electrons. The molecule has 0 saturated carbocycles. The summed E-state index contributed by atoms with van der Waals surface area (Å²) in [6.45, 7) is 4.88. The lowest BCUT2D eigenvalue weighted by Gasteiger charge is -2.19. The Bertz CT molecular complexity index is 825. The summed E-state index contributed by atoms with van der Waals surface area (Å²) < 4.78 is 0. The van der Waals surface area contributed by atoms with Gasteiger partial charge in [-0.05, 0) is 56.1 Å². The maximum absolute atomic E-state index is 12.2. The molecule has 26 heavy (non-hydrogen) atoms. The molecule has 1 aromatic carbocycles. The average molecular weight is 374 g/mol. The molecule has 3 rings (SSSR count). The van der Waals surface area contributed by atoms with E-state index in [0.29, 0.717) is 17.8 Å². The standard InChI is InChI=1S/C18H20ClN5O2/c1-11-9-20-17(19)23-16(11)24-8-7-15(10-24)22-18(26)21-14-5-3-13(4-6-14)12(2)25/h3-6,9,15H,7-8,10H2,1-2H3,(H2,21,22,26). The van der Waals surface area contributed by atoms with Crippen molar-refractivity contribution in [2.45, 2.75) is 26.3 Å². The summed E-state index contributed by atoms with van der Waals surface area (Å²) in [6.07, 6.45) is 2.51. The van der Waals surface area contributed by atoms with Crippen LogP contribution in [0.3, 0.4) is 0 Å². The van der Waals surface area contributed by atoms with Crippen LogP contribution in [0.25, 0.3) is 0 Å². The maximum Gasteiger partial charge on any atom is 0.319 e. The van der Waals surface area contributed by atoms with Crippen LogP contribution >= 0.6 is 11.6 Å². The molecule has 8 heteroatoms. The molecule has 2 aromatic rings. The molecule has 0 bridgehead atoms. The molecule has 1 aliphatic heterocycles. The first-order chi connectivity index (χ1) is 12.4. The van der Waals surface area contributed by atoms with Crippen molar-refractivity contribution < 1.29 is 9.59 Å². The van der Waals surface area contributed by atoms with Gasteiger partial charge in [0.25, 0.3) is 0 Å². The number of anilines is 2. The summed E-state index contributed by atoms with van der Waals surface area (Å²) in [6, 6.07) is 6.55. The van der Waals surface area contributed by atoms with Gasteiger partial charge in [0.05, 0.1) is 0 Å². The number of nitrogens with zero attached hydrogens (tertiary/aromatic N) is 3. The third-order valence-electron chi connectivity index (χ3n) is 4.29. The summed E-state index contributed by atoms with van der Waals surface area (Å²) in [5, 5.41) is 5.96. The second-order valence-electron chi connectivity index (χ2n) is 6.31. The Balaban J connectivity index is 1.55. The molecule has 1 aliphatic rings. The molecule has 7 nitrogen and oxygen atoms in total. The van der Waals surface area contributed by atoms with Crippen molar-refractivity contribution in [1.82, 2.24) is 15.3 Å². The Morgan fingerprint density at radius 3 is 2.69 bits per heavy atom. The fourth-order valence-corrected chi connectivity index (χ4v) is 3.07. The van der Waals surface area contributed by atoms with Gasteiger partial charge in [0.15, 0.2) is 5.78 Å². The van der Waals surface area contributed by atoms with E-state index in [-0.39, 0.29) is 23.1 Å². The Kier molecular flexibility index (Phi) is 5.37. The highest BCUT2D eigenvalue weighted by Gasteiger charge is 2.26. The minimum Gasteiger partial charge on any atom is -0.354 e. The van der Waals surface area contributed by atoms with Gasteiger partial charge in [0, 0.05) is 42.1 Å². The van der Waals surface area contributed by atoms with Crippen molar-refractivity contribution in [3.63, 3.8) is 0 Å². The first kappa shape index (κ1) is 18.1. The number of halogens is 1. The van der Waals surface area contributed by atoms with Crippen LogP contribution in [0.15, 0.2) is 30.5 Å². The van der Waals surface area contributed by atoms with E-state index < -0.39 is 0 Å². The number of Topliss-reactive ketones (excluding diaryl/α,β-unsaturated/α-hetero) is 1. The third-order valence-corrected chi connectivity index (χ3v) is 4.47. The van der Waals surface area contributed by atoms with Gasteiger partial charge in [-0.1, -0.05) is 0 Å². The van der Waals surface area contributed by atoms with Crippen LogP contribution in [0, 0.1) is 6.92 Å². The highest BCUT2D eigenvalue weighted by molar-refractivity contribution is 6.28. The number of benzene rings is 1. The van der Waals surface area contributed by atoms with Crippen molar-refractivity contribution >= 4 is 34.9 Å². The van der Waals surface area contributed by atoms with Crippen LogP contribution < -0.4 is 15.5 Å². The van der Waals surface area contributed by atoms with Crippen LogP contribution in [0.4, 0.5) is 16.3 Å². The molecule has 2 N–H and O–H groups in total. The van der Waals surface area contributed by atoms with E-state index in [2.05, 4.69) is 25.5 Å². The molecular weight excluding hydrogens is 354 g/mol. The number of hydrogen-bond acceptors (Lipinski definition) is 5. The van der Waals surface area contributed by atoms with Gasteiger partial charge in [-0.15, -0.1) is 0 Å².